The fourth-order valence-electron chi connectivity index (χ4n) is 2.05. The van der Waals surface area contributed by atoms with Crippen molar-refractivity contribution in [1.29, 1.82) is 0 Å². The highest BCUT2D eigenvalue weighted by molar-refractivity contribution is 6.06. The predicted octanol–water partition coefficient (Wildman–Crippen LogP) is 1.11. The molecule has 3 N–H and O–H groups in total. The molecule has 0 radical (unpaired) electrons. The average molecular weight is 263 g/mol. The summed E-state index contributed by atoms with van der Waals surface area (Å²) in [5, 5.41) is 2.63. The van der Waals surface area contributed by atoms with Crippen LogP contribution < -0.4 is 15.8 Å². The van der Waals surface area contributed by atoms with Crippen molar-refractivity contribution < 1.29 is 14.3 Å². The Morgan fingerprint density at radius 2 is 2.05 bits per heavy atom. The molecule has 0 spiro atoms. The lowest BCUT2D eigenvalue weighted by molar-refractivity contribution is -0.130. The first kappa shape index (κ1) is 13.2. The van der Waals surface area contributed by atoms with Crippen LogP contribution in [0.1, 0.15) is 19.4 Å². The molecule has 3 amide bonds. The minimum absolute atomic E-state index is 0.141. The Bertz CT molecular complexity index is 540. The van der Waals surface area contributed by atoms with Crippen LogP contribution in [-0.2, 0) is 11.3 Å². The molecule has 1 aliphatic heterocycles. The minimum Gasteiger partial charge on any atom is -0.496 e. The smallest absolute Gasteiger partial charge is 0.325 e. The third-order valence-corrected chi connectivity index (χ3v) is 3.08. The molecule has 0 unspecified atom stereocenters. The number of anilines is 1. The Labute approximate surface area is 111 Å². The molecule has 0 saturated carbocycles. The third kappa shape index (κ3) is 2.33. The zero-order valence-corrected chi connectivity index (χ0v) is 11.2. The molecular weight excluding hydrogens is 246 g/mol. The predicted molar refractivity (Wildman–Crippen MR) is 70.6 cm³/mol. The summed E-state index contributed by atoms with van der Waals surface area (Å²) in [6, 6.07) is 4.72. The van der Waals surface area contributed by atoms with Gasteiger partial charge in [0, 0.05) is 11.3 Å². The van der Waals surface area contributed by atoms with Gasteiger partial charge in [-0.05, 0) is 32.0 Å². The second-order valence-corrected chi connectivity index (χ2v) is 5.02. The monoisotopic (exact) mass is 263 g/mol. The summed E-state index contributed by atoms with van der Waals surface area (Å²) in [6.45, 7) is 3.48. The Balaban J connectivity index is 2.29. The first-order valence-corrected chi connectivity index (χ1v) is 5.91. The first-order valence-electron chi connectivity index (χ1n) is 5.91. The van der Waals surface area contributed by atoms with Crippen molar-refractivity contribution in [2.24, 2.45) is 0 Å². The number of urea groups is 1. The first-order chi connectivity index (χ1) is 8.85. The Morgan fingerprint density at radius 1 is 1.37 bits per heavy atom. The lowest BCUT2D eigenvalue weighted by Crippen LogP contribution is -2.40. The number of carbonyl (C=O) groups excluding carboxylic acids is 2. The molecule has 1 saturated heterocycles. The molecule has 0 atom stereocenters. The van der Waals surface area contributed by atoms with E-state index in [1.54, 1.807) is 32.0 Å². The van der Waals surface area contributed by atoms with Gasteiger partial charge in [-0.15, -0.1) is 0 Å². The Hall–Kier alpha value is -2.24. The number of hydrogen-bond donors (Lipinski definition) is 2. The van der Waals surface area contributed by atoms with E-state index in [2.05, 4.69) is 5.32 Å². The van der Waals surface area contributed by atoms with Gasteiger partial charge in [0.25, 0.3) is 5.91 Å². The van der Waals surface area contributed by atoms with Gasteiger partial charge < -0.3 is 15.8 Å². The summed E-state index contributed by atoms with van der Waals surface area (Å²) in [6.07, 6.45) is 0. The largest absolute Gasteiger partial charge is 0.496 e. The number of ether oxygens (including phenoxy) is 1. The molecule has 1 aromatic carbocycles. The van der Waals surface area contributed by atoms with Gasteiger partial charge in [0.05, 0.1) is 13.7 Å². The molecule has 19 heavy (non-hydrogen) atoms. The van der Waals surface area contributed by atoms with Crippen molar-refractivity contribution in [2.45, 2.75) is 25.9 Å². The fourth-order valence-corrected chi connectivity index (χ4v) is 2.05. The highest BCUT2D eigenvalue weighted by atomic mass is 16.5. The number of hydrogen-bond acceptors (Lipinski definition) is 4. The number of imide groups is 1. The van der Waals surface area contributed by atoms with Crippen LogP contribution in [0.25, 0.3) is 0 Å². The lowest BCUT2D eigenvalue weighted by atomic mass is 10.1. The lowest BCUT2D eigenvalue weighted by Gasteiger charge is -2.17. The van der Waals surface area contributed by atoms with E-state index in [9.17, 15) is 9.59 Å². The molecule has 1 heterocycles. The molecule has 1 aliphatic rings. The van der Waals surface area contributed by atoms with Crippen molar-refractivity contribution >= 4 is 17.6 Å². The summed E-state index contributed by atoms with van der Waals surface area (Å²) in [7, 11) is 1.53. The molecule has 0 bridgehead atoms. The van der Waals surface area contributed by atoms with Gasteiger partial charge >= 0.3 is 6.03 Å². The Morgan fingerprint density at radius 3 is 2.58 bits per heavy atom. The van der Waals surface area contributed by atoms with E-state index >= 15 is 0 Å². The number of benzene rings is 1. The van der Waals surface area contributed by atoms with Crippen LogP contribution in [0.2, 0.25) is 0 Å². The standard InChI is InChI=1S/C13H17N3O3/c1-13(2)11(17)16(12(18)15-13)7-8-6-9(14)4-5-10(8)19-3/h4-6H,7,14H2,1-3H3,(H,15,18). The summed E-state index contributed by atoms with van der Waals surface area (Å²) >= 11 is 0. The van der Waals surface area contributed by atoms with Gasteiger partial charge in [-0.1, -0.05) is 0 Å². The number of nitrogens with one attached hydrogen (secondary N) is 1. The number of amides is 3. The number of carbonyl (C=O) groups is 2. The summed E-state index contributed by atoms with van der Waals surface area (Å²) in [4.78, 5) is 25.1. The highest BCUT2D eigenvalue weighted by Gasteiger charge is 2.44. The van der Waals surface area contributed by atoms with Gasteiger partial charge in [0.2, 0.25) is 0 Å². The molecular formula is C13H17N3O3. The second kappa shape index (κ2) is 4.46. The average Bonchev–Trinajstić information content (AvgIpc) is 2.52. The van der Waals surface area contributed by atoms with Gasteiger partial charge in [0.15, 0.2) is 0 Å². The molecule has 6 nitrogen and oxygen atoms in total. The highest BCUT2D eigenvalue weighted by Crippen LogP contribution is 2.26. The van der Waals surface area contributed by atoms with E-state index in [-0.39, 0.29) is 12.5 Å². The van der Waals surface area contributed by atoms with Crippen LogP contribution >= 0.6 is 0 Å². The van der Waals surface area contributed by atoms with Crippen LogP contribution in [0, 0.1) is 0 Å². The van der Waals surface area contributed by atoms with Crippen molar-refractivity contribution in [3.05, 3.63) is 23.8 Å². The van der Waals surface area contributed by atoms with Crippen molar-refractivity contribution in [2.75, 3.05) is 12.8 Å². The van der Waals surface area contributed by atoms with E-state index in [1.807, 2.05) is 0 Å². The van der Waals surface area contributed by atoms with Crippen LogP contribution in [0.3, 0.4) is 0 Å². The van der Waals surface area contributed by atoms with Gasteiger partial charge in [0.1, 0.15) is 11.3 Å². The molecule has 1 fully saturated rings. The van der Waals surface area contributed by atoms with Crippen molar-refractivity contribution in [3.63, 3.8) is 0 Å². The molecule has 6 heteroatoms. The molecule has 102 valence electrons. The molecule has 2 rings (SSSR count). The van der Waals surface area contributed by atoms with E-state index in [0.717, 1.165) is 4.90 Å². The number of nitrogens with two attached hydrogens (primary N) is 1. The fraction of sp³-hybridized carbons (Fsp3) is 0.385. The van der Waals surface area contributed by atoms with Gasteiger partial charge in [-0.3, -0.25) is 9.69 Å². The summed E-state index contributed by atoms with van der Waals surface area (Å²) in [5.41, 5.74) is 6.10. The maximum Gasteiger partial charge on any atom is 0.325 e. The van der Waals surface area contributed by atoms with Crippen LogP contribution in [0.15, 0.2) is 18.2 Å². The SMILES string of the molecule is COc1ccc(N)cc1CN1C(=O)NC(C)(C)C1=O. The summed E-state index contributed by atoms with van der Waals surface area (Å²) in [5.74, 6) is 0.335. The number of methoxy groups -OCH3 is 1. The molecule has 1 aromatic rings. The minimum atomic E-state index is -0.870. The van der Waals surface area contributed by atoms with Crippen molar-refractivity contribution in [1.82, 2.24) is 10.2 Å². The van der Waals surface area contributed by atoms with Gasteiger partial charge in [-0.25, -0.2) is 4.79 Å². The van der Waals surface area contributed by atoms with Crippen LogP contribution in [0.5, 0.6) is 5.75 Å². The normalized spacial score (nSPS) is 17.5. The summed E-state index contributed by atoms with van der Waals surface area (Å²) < 4.78 is 5.21. The second-order valence-electron chi connectivity index (χ2n) is 5.02. The topological polar surface area (TPSA) is 84.7 Å². The quantitative estimate of drug-likeness (QED) is 0.632. The maximum atomic E-state index is 12.1. The molecule has 0 aliphatic carbocycles. The van der Waals surface area contributed by atoms with E-state index in [1.165, 1.54) is 7.11 Å². The molecule has 0 aromatic heterocycles. The van der Waals surface area contributed by atoms with Crippen LogP contribution in [-0.4, -0.2) is 29.5 Å². The Kier molecular flexibility index (Phi) is 3.09. The van der Waals surface area contributed by atoms with Gasteiger partial charge in [-0.2, -0.15) is 0 Å². The number of rotatable bonds is 3. The van der Waals surface area contributed by atoms with Crippen molar-refractivity contribution in [3.8, 4) is 5.75 Å². The van der Waals surface area contributed by atoms with E-state index < -0.39 is 11.6 Å². The third-order valence-electron chi connectivity index (χ3n) is 3.08. The van der Waals surface area contributed by atoms with E-state index in [4.69, 9.17) is 10.5 Å². The number of nitrogens with zero attached hydrogens (tertiary/aromatic N) is 1. The van der Waals surface area contributed by atoms with E-state index in [0.29, 0.717) is 17.0 Å². The van der Waals surface area contributed by atoms with Crippen LogP contribution in [0.4, 0.5) is 10.5 Å². The number of nitrogen functional groups attached to an aromatic ring is 1. The zero-order chi connectivity index (χ0) is 14.2. The zero-order valence-electron chi connectivity index (χ0n) is 11.2. The maximum absolute atomic E-state index is 12.1.